The van der Waals surface area contributed by atoms with Crippen molar-refractivity contribution in [2.24, 2.45) is 4.99 Å². The standard InChI is InChI=1S/C38H46FN7O6/c1-24-20-25(10-13-40-24)35-29-21-26(6-8-32(29)42-43-35)36(47)41-27-7-9-33(46(22-27)23-30-31(39)4-3-5-34(30)50-2)37(48)44-14-16-45(17-15-44)38(49)52-28-11-18-51-19-12-28/h3-6,8,10,13,21,24,27-28,33H,7,9,11-12,14-20,22-23H2,1-2H3,(H,41,47)(H,42,43)/t24?,27-,33+/m1/s1. The Morgan fingerprint density at radius 1 is 1.04 bits per heavy atom. The number of rotatable bonds is 8. The normalized spacial score (nSPS) is 23.0. The van der Waals surface area contributed by atoms with E-state index in [2.05, 4.69) is 27.4 Å². The molecule has 14 heteroatoms. The van der Waals surface area contributed by atoms with E-state index < -0.39 is 11.9 Å². The van der Waals surface area contributed by atoms with Crippen LogP contribution in [0.25, 0.3) is 16.5 Å². The van der Waals surface area contributed by atoms with Crippen molar-refractivity contribution >= 4 is 40.6 Å². The Morgan fingerprint density at radius 2 is 1.83 bits per heavy atom. The zero-order valence-electron chi connectivity index (χ0n) is 29.7. The van der Waals surface area contributed by atoms with Gasteiger partial charge >= 0.3 is 6.09 Å². The van der Waals surface area contributed by atoms with E-state index in [1.54, 1.807) is 34.2 Å². The number of amides is 3. The molecule has 3 amide bonds. The van der Waals surface area contributed by atoms with Gasteiger partial charge in [0.15, 0.2) is 0 Å². The van der Waals surface area contributed by atoms with Gasteiger partial charge in [0.25, 0.3) is 5.91 Å². The summed E-state index contributed by atoms with van der Waals surface area (Å²) in [5.74, 6) is -0.339. The third-order valence-corrected chi connectivity index (χ3v) is 10.5. The van der Waals surface area contributed by atoms with Crippen LogP contribution in [0.1, 0.15) is 60.6 Å². The number of hydrogen-bond donors (Lipinski definition) is 2. The number of allylic oxidation sites excluding steroid dienone is 1. The number of aromatic nitrogens is 2. The summed E-state index contributed by atoms with van der Waals surface area (Å²) < 4.78 is 31.8. The molecule has 52 heavy (non-hydrogen) atoms. The lowest BCUT2D eigenvalue weighted by Gasteiger charge is -2.43. The number of carbonyl (C=O) groups is 3. The van der Waals surface area contributed by atoms with Crippen molar-refractivity contribution in [3.8, 4) is 5.75 Å². The molecule has 3 saturated heterocycles. The summed E-state index contributed by atoms with van der Waals surface area (Å²) in [7, 11) is 1.49. The van der Waals surface area contributed by atoms with Crippen molar-refractivity contribution in [1.82, 2.24) is 30.2 Å². The molecule has 4 aliphatic heterocycles. The summed E-state index contributed by atoms with van der Waals surface area (Å²) in [6.07, 6.45) is 6.41. The minimum Gasteiger partial charge on any atom is -0.496 e. The van der Waals surface area contributed by atoms with Gasteiger partial charge in [0.1, 0.15) is 17.7 Å². The summed E-state index contributed by atoms with van der Waals surface area (Å²) in [5, 5.41) is 11.7. The van der Waals surface area contributed by atoms with Crippen LogP contribution in [0.15, 0.2) is 47.5 Å². The molecule has 2 N–H and O–H groups in total. The number of carbonyl (C=O) groups excluding carboxylic acids is 3. The molecule has 3 atom stereocenters. The Labute approximate surface area is 302 Å². The molecule has 1 unspecified atom stereocenters. The second-order valence-electron chi connectivity index (χ2n) is 14.0. The molecule has 4 aliphatic rings. The highest BCUT2D eigenvalue weighted by Gasteiger charge is 2.38. The highest BCUT2D eigenvalue weighted by atomic mass is 19.1. The summed E-state index contributed by atoms with van der Waals surface area (Å²) in [6.45, 7) is 5.15. The number of fused-ring (bicyclic) bond motifs is 1. The number of likely N-dealkylation sites (tertiary alicyclic amines) is 1. The van der Waals surface area contributed by atoms with Gasteiger partial charge in [-0.3, -0.25) is 24.6 Å². The first kappa shape index (κ1) is 35.6. The maximum absolute atomic E-state index is 15.2. The van der Waals surface area contributed by atoms with E-state index in [1.807, 2.05) is 23.1 Å². The fraction of sp³-hybridized carbons (Fsp3) is 0.500. The van der Waals surface area contributed by atoms with E-state index in [1.165, 1.54) is 13.2 Å². The van der Waals surface area contributed by atoms with Gasteiger partial charge in [0.05, 0.1) is 43.6 Å². The molecule has 276 valence electrons. The van der Waals surface area contributed by atoms with Crippen LogP contribution in [0.4, 0.5) is 9.18 Å². The quantitative estimate of drug-likeness (QED) is 0.354. The molecule has 0 saturated carbocycles. The summed E-state index contributed by atoms with van der Waals surface area (Å²) >= 11 is 0. The molecule has 0 aliphatic carbocycles. The summed E-state index contributed by atoms with van der Waals surface area (Å²) in [6, 6.07) is 9.49. The van der Waals surface area contributed by atoms with Crippen molar-refractivity contribution in [3.63, 3.8) is 0 Å². The second kappa shape index (κ2) is 15.8. The van der Waals surface area contributed by atoms with E-state index in [4.69, 9.17) is 14.2 Å². The first-order valence-corrected chi connectivity index (χ1v) is 18.2. The monoisotopic (exact) mass is 715 g/mol. The molecule has 1 aromatic heterocycles. The number of hydrogen-bond acceptors (Lipinski definition) is 9. The lowest BCUT2D eigenvalue weighted by molar-refractivity contribution is -0.140. The lowest BCUT2D eigenvalue weighted by Crippen LogP contribution is -2.59. The van der Waals surface area contributed by atoms with E-state index in [0.717, 1.165) is 28.6 Å². The second-order valence-corrected chi connectivity index (χ2v) is 14.0. The third-order valence-electron chi connectivity index (χ3n) is 10.5. The predicted molar refractivity (Wildman–Crippen MR) is 193 cm³/mol. The highest BCUT2D eigenvalue weighted by Crippen LogP contribution is 2.30. The van der Waals surface area contributed by atoms with Gasteiger partial charge in [0, 0.05) is 80.9 Å². The number of piperidine rings is 1. The van der Waals surface area contributed by atoms with Gasteiger partial charge in [0.2, 0.25) is 5.91 Å². The van der Waals surface area contributed by atoms with E-state index in [0.29, 0.717) is 88.5 Å². The van der Waals surface area contributed by atoms with Crippen LogP contribution in [-0.2, 0) is 20.8 Å². The van der Waals surface area contributed by atoms with Crippen molar-refractivity contribution in [3.05, 3.63) is 65.1 Å². The van der Waals surface area contributed by atoms with Gasteiger partial charge in [-0.1, -0.05) is 6.07 Å². The number of halogens is 1. The number of piperazine rings is 1. The number of methoxy groups -OCH3 is 1. The molecular formula is C38H46FN7O6. The van der Waals surface area contributed by atoms with Gasteiger partial charge in [-0.25, -0.2) is 9.18 Å². The van der Waals surface area contributed by atoms with Crippen molar-refractivity contribution in [2.75, 3.05) is 53.0 Å². The summed E-state index contributed by atoms with van der Waals surface area (Å²) in [4.78, 5) is 50.4. The first-order valence-electron chi connectivity index (χ1n) is 18.2. The maximum atomic E-state index is 15.2. The fourth-order valence-electron chi connectivity index (χ4n) is 7.60. The topological polar surface area (TPSA) is 142 Å². The Morgan fingerprint density at radius 3 is 2.60 bits per heavy atom. The highest BCUT2D eigenvalue weighted by molar-refractivity contribution is 6.01. The van der Waals surface area contributed by atoms with Crippen LogP contribution in [0.2, 0.25) is 0 Å². The molecule has 3 fully saturated rings. The Balaban J connectivity index is 1.04. The molecule has 7 rings (SSSR count). The minimum absolute atomic E-state index is 0.0770. The molecule has 0 bridgehead atoms. The van der Waals surface area contributed by atoms with Gasteiger partial charge in [-0.05, 0) is 68.2 Å². The molecule has 3 aromatic rings. The number of aromatic amines is 1. The minimum atomic E-state index is -0.544. The molecule has 2 aromatic carbocycles. The largest absolute Gasteiger partial charge is 0.496 e. The molecule has 0 radical (unpaired) electrons. The number of aliphatic imine (C=N–C) groups is 1. The maximum Gasteiger partial charge on any atom is 0.410 e. The Bertz CT molecular complexity index is 1850. The number of dihydropyridines is 1. The Hall–Kier alpha value is -4.82. The molecule has 13 nitrogen and oxygen atoms in total. The summed E-state index contributed by atoms with van der Waals surface area (Å²) in [5.41, 5.74) is 3.56. The Kier molecular flexibility index (Phi) is 10.8. The van der Waals surface area contributed by atoms with Crippen LogP contribution in [-0.4, -0.2) is 126 Å². The molecular weight excluding hydrogens is 669 g/mol. The van der Waals surface area contributed by atoms with E-state index >= 15 is 4.39 Å². The number of nitrogens with zero attached hydrogens (tertiary/aromatic N) is 5. The van der Waals surface area contributed by atoms with Gasteiger partial charge in [-0.15, -0.1) is 0 Å². The third kappa shape index (κ3) is 7.82. The van der Waals surface area contributed by atoms with Crippen LogP contribution in [0.5, 0.6) is 5.75 Å². The van der Waals surface area contributed by atoms with Crippen LogP contribution in [0, 0.1) is 5.82 Å². The van der Waals surface area contributed by atoms with Crippen molar-refractivity contribution in [2.45, 2.75) is 69.8 Å². The van der Waals surface area contributed by atoms with E-state index in [-0.39, 0.29) is 42.6 Å². The van der Waals surface area contributed by atoms with Crippen molar-refractivity contribution < 1.29 is 33.0 Å². The zero-order chi connectivity index (χ0) is 36.2. The number of benzene rings is 2. The SMILES string of the molecule is COc1cccc(F)c1CN1C[C@H](NC(=O)c2ccc3[nH]nc(C4=CC=NC(C)C4)c3c2)CC[C@H]1C(=O)N1CCN(C(=O)OC2CCOCC2)CC1. The predicted octanol–water partition coefficient (Wildman–Crippen LogP) is 4.18. The molecule has 0 spiro atoms. The average Bonchev–Trinajstić information content (AvgIpc) is 3.59. The van der Waals surface area contributed by atoms with Crippen LogP contribution >= 0.6 is 0 Å². The number of H-pyrrole nitrogens is 1. The van der Waals surface area contributed by atoms with Crippen LogP contribution in [0.3, 0.4) is 0 Å². The average molecular weight is 716 g/mol. The molecule has 5 heterocycles. The number of nitrogens with one attached hydrogen (secondary N) is 2. The lowest BCUT2D eigenvalue weighted by atomic mass is 9.95. The van der Waals surface area contributed by atoms with Crippen molar-refractivity contribution in [1.29, 1.82) is 0 Å². The van der Waals surface area contributed by atoms with Gasteiger partial charge < -0.3 is 29.3 Å². The van der Waals surface area contributed by atoms with Gasteiger partial charge in [-0.2, -0.15) is 5.10 Å². The van der Waals surface area contributed by atoms with E-state index in [9.17, 15) is 14.4 Å². The zero-order valence-corrected chi connectivity index (χ0v) is 29.7. The fourth-order valence-corrected chi connectivity index (χ4v) is 7.60. The first-order chi connectivity index (χ1) is 25.3. The number of ether oxygens (including phenoxy) is 3. The smallest absolute Gasteiger partial charge is 0.410 e. The van der Waals surface area contributed by atoms with Crippen LogP contribution < -0.4 is 10.1 Å².